The number of halogens is 3. The van der Waals surface area contributed by atoms with Gasteiger partial charge in [0.25, 0.3) is 0 Å². The van der Waals surface area contributed by atoms with Crippen molar-refractivity contribution in [3.8, 4) is 0 Å². The van der Waals surface area contributed by atoms with Gasteiger partial charge in [0.05, 0.1) is 16.8 Å². The van der Waals surface area contributed by atoms with Gasteiger partial charge in [0.1, 0.15) is 0 Å². The second-order valence-electron chi connectivity index (χ2n) is 3.31. The molecule has 5 heteroatoms. The zero-order valence-corrected chi connectivity index (χ0v) is 11.4. The monoisotopic (exact) mass is 361 g/mol. The molecule has 0 saturated heterocycles. The number of carbonyl (C=O) groups excluding carboxylic acids is 1. The average Bonchev–Trinajstić information content (AvgIpc) is 2.32. The van der Waals surface area contributed by atoms with Crippen molar-refractivity contribution in [2.75, 3.05) is 0 Å². The molecule has 2 nitrogen and oxygen atoms in total. The van der Waals surface area contributed by atoms with E-state index >= 15 is 0 Å². The van der Waals surface area contributed by atoms with Crippen LogP contribution in [0.1, 0.15) is 15.9 Å². The van der Waals surface area contributed by atoms with Gasteiger partial charge in [0, 0.05) is 15.3 Å². The topological polar surface area (TPSA) is 30.0 Å². The van der Waals surface area contributed by atoms with Gasteiger partial charge >= 0.3 is 0 Å². The number of ketones is 1. The summed E-state index contributed by atoms with van der Waals surface area (Å²) in [7, 11) is 0. The number of rotatable bonds is 2. The summed E-state index contributed by atoms with van der Waals surface area (Å²) in [5.74, 6) is -1.03. The van der Waals surface area contributed by atoms with E-state index in [2.05, 4.69) is 27.6 Å². The van der Waals surface area contributed by atoms with Crippen molar-refractivity contribution in [3.63, 3.8) is 0 Å². The van der Waals surface area contributed by atoms with Crippen LogP contribution in [-0.2, 0) is 0 Å². The number of carbonyl (C=O) groups is 1. The number of benzene rings is 1. The maximum Gasteiger partial charge on any atom is 0.196 e. The number of nitrogens with zero attached hydrogens (tertiary/aromatic N) is 1. The number of pyridine rings is 1. The summed E-state index contributed by atoms with van der Waals surface area (Å²) in [5, 5.41) is 0.478. The number of hydrogen-bond acceptors (Lipinski definition) is 2. The number of hydrogen-bond donors (Lipinski definition) is 0. The molecular weight excluding hydrogens is 355 g/mol. The van der Waals surface area contributed by atoms with E-state index in [1.165, 1.54) is 18.3 Å². The van der Waals surface area contributed by atoms with Crippen molar-refractivity contribution in [1.82, 2.24) is 4.98 Å². The second kappa shape index (κ2) is 5.10. The molecule has 2 aromatic rings. The van der Waals surface area contributed by atoms with Crippen molar-refractivity contribution in [2.45, 2.75) is 0 Å². The molecule has 0 fully saturated rings. The summed E-state index contributed by atoms with van der Waals surface area (Å²) in [5.41, 5.74) is 0.359. The zero-order valence-electron chi connectivity index (χ0n) is 8.45. The maximum absolute atomic E-state index is 13.4. The van der Waals surface area contributed by atoms with Crippen molar-refractivity contribution in [3.05, 3.63) is 62.2 Å². The first kappa shape index (κ1) is 12.4. The molecule has 0 radical (unpaired) electrons. The van der Waals surface area contributed by atoms with Crippen molar-refractivity contribution in [2.24, 2.45) is 0 Å². The smallest absolute Gasteiger partial charge is 0.196 e. The van der Waals surface area contributed by atoms with Gasteiger partial charge in [0.15, 0.2) is 11.6 Å². The molecule has 2 rings (SSSR count). The summed E-state index contributed by atoms with van der Waals surface area (Å²) < 4.78 is 14.2. The molecule has 0 aliphatic carbocycles. The second-order valence-corrected chi connectivity index (χ2v) is 4.88. The standard InChI is InChI=1S/C12H6ClFINO/c13-9-5-7(1-2-11(9)15)12(17)8-3-4-16-6-10(8)14/h1-6H. The number of aromatic nitrogens is 1. The Bertz CT molecular complexity index is 588. The van der Waals surface area contributed by atoms with Crippen LogP contribution in [0.3, 0.4) is 0 Å². The lowest BCUT2D eigenvalue weighted by Gasteiger charge is -2.03. The Morgan fingerprint density at radius 1 is 1.35 bits per heavy atom. The summed E-state index contributed by atoms with van der Waals surface area (Å²) in [6.07, 6.45) is 2.39. The predicted octanol–water partition coefficient (Wildman–Crippen LogP) is 3.71. The highest BCUT2D eigenvalue weighted by Gasteiger charge is 2.14. The minimum atomic E-state index is -0.632. The van der Waals surface area contributed by atoms with Crippen LogP contribution >= 0.6 is 34.2 Å². The molecule has 0 aliphatic heterocycles. The van der Waals surface area contributed by atoms with Crippen molar-refractivity contribution >= 4 is 40.0 Å². The molecule has 0 saturated carbocycles. The first-order valence-electron chi connectivity index (χ1n) is 4.69. The lowest BCUT2D eigenvalue weighted by molar-refractivity contribution is 0.103. The summed E-state index contributed by atoms with van der Waals surface area (Å²) in [6, 6.07) is 6.22. The van der Waals surface area contributed by atoms with E-state index in [0.717, 1.165) is 9.77 Å². The fourth-order valence-electron chi connectivity index (χ4n) is 1.35. The molecule has 0 aliphatic rings. The molecule has 17 heavy (non-hydrogen) atoms. The third-order valence-electron chi connectivity index (χ3n) is 2.20. The minimum absolute atomic E-state index is 0.00252. The molecule has 1 aromatic heterocycles. The third kappa shape index (κ3) is 2.63. The molecule has 0 atom stereocenters. The van der Waals surface area contributed by atoms with Crippen LogP contribution < -0.4 is 0 Å². The van der Waals surface area contributed by atoms with Crippen molar-refractivity contribution < 1.29 is 9.18 Å². The van der Waals surface area contributed by atoms with Crippen LogP contribution in [0.15, 0.2) is 36.7 Å². The van der Waals surface area contributed by atoms with Gasteiger partial charge in [0.2, 0.25) is 0 Å². The highest BCUT2D eigenvalue weighted by molar-refractivity contribution is 14.1. The first-order chi connectivity index (χ1) is 8.09. The Morgan fingerprint density at radius 3 is 2.76 bits per heavy atom. The molecule has 0 bridgehead atoms. The lowest BCUT2D eigenvalue weighted by Crippen LogP contribution is -2.04. The summed E-state index contributed by atoms with van der Waals surface area (Å²) >= 11 is 7.98. The lowest BCUT2D eigenvalue weighted by atomic mass is 10.0. The Kier molecular flexibility index (Phi) is 3.73. The van der Waals surface area contributed by atoms with E-state index in [9.17, 15) is 9.18 Å². The first-order valence-corrected chi connectivity index (χ1v) is 6.14. The largest absolute Gasteiger partial charge is 0.288 e. The average molecular weight is 362 g/mol. The molecule has 86 valence electrons. The Balaban J connectivity index is 2.44. The van der Waals surface area contributed by atoms with E-state index in [-0.39, 0.29) is 5.56 Å². The molecular formula is C12H6ClFINO. The summed E-state index contributed by atoms with van der Waals surface area (Å²) in [4.78, 5) is 15.6. The molecule has 0 N–H and O–H groups in total. The van der Waals surface area contributed by atoms with Gasteiger partial charge in [-0.15, -0.1) is 0 Å². The van der Waals surface area contributed by atoms with Crippen molar-refractivity contribution in [1.29, 1.82) is 0 Å². The molecule has 0 amide bonds. The van der Waals surface area contributed by atoms with E-state index in [4.69, 9.17) is 11.6 Å². The van der Waals surface area contributed by atoms with E-state index in [0.29, 0.717) is 10.6 Å². The minimum Gasteiger partial charge on any atom is -0.288 e. The van der Waals surface area contributed by atoms with Gasteiger partial charge in [-0.05, 0) is 46.9 Å². The van der Waals surface area contributed by atoms with E-state index in [1.807, 2.05) is 0 Å². The fraction of sp³-hybridized carbons (Fsp3) is 0. The van der Waals surface area contributed by atoms with Gasteiger partial charge in [-0.25, -0.2) is 4.39 Å². The quantitative estimate of drug-likeness (QED) is 0.603. The predicted molar refractivity (Wildman–Crippen MR) is 71.8 cm³/mol. The molecule has 0 spiro atoms. The van der Waals surface area contributed by atoms with E-state index < -0.39 is 11.6 Å². The van der Waals surface area contributed by atoms with Crippen LogP contribution in [-0.4, -0.2) is 10.8 Å². The third-order valence-corrected chi connectivity index (χ3v) is 3.77. The SMILES string of the molecule is O=C(c1ccc(I)c(Cl)c1)c1ccncc1F. The highest BCUT2D eigenvalue weighted by atomic mass is 127. The van der Waals surface area contributed by atoms with Gasteiger partial charge in [-0.3, -0.25) is 9.78 Å². The normalized spacial score (nSPS) is 10.3. The van der Waals surface area contributed by atoms with Crippen LogP contribution in [0, 0.1) is 9.39 Å². The Hall–Kier alpha value is -1.01. The highest BCUT2D eigenvalue weighted by Crippen LogP contribution is 2.21. The van der Waals surface area contributed by atoms with Gasteiger partial charge in [-0.2, -0.15) is 0 Å². The van der Waals surface area contributed by atoms with Crippen LogP contribution in [0.2, 0.25) is 5.02 Å². The van der Waals surface area contributed by atoms with Crippen LogP contribution in [0.5, 0.6) is 0 Å². The molecule has 0 unspecified atom stereocenters. The van der Waals surface area contributed by atoms with E-state index in [1.54, 1.807) is 12.1 Å². The zero-order chi connectivity index (χ0) is 12.4. The molecule has 1 heterocycles. The van der Waals surface area contributed by atoms with Crippen LogP contribution in [0.25, 0.3) is 0 Å². The Morgan fingerprint density at radius 2 is 2.12 bits per heavy atom. The van der Waals surface area contributed by atoms with Gasteiger partial charge < -0.3 is 0 Å². The van der Waals surface area contributed by atoms with Gasteiger partial charge in [-0.1, -0.05) is 11.6 Å². The maximum atomic E-state index is 13.4. The summed E-state index contributed by atoms with van der Waals surface area (Å²) in [6.45, 7) is 0. The molecule has 1 aromatic carbocycles. The fourth-order valence-corrected chi connectivity index (χ4v) is 1.87. The Labute approximate surface area is 116 Å². The van der Waals surface area contributed by atoms with Crippen LogP contribution in [0.4, 0.5) is 4.39 Å².